The molecule has 2 aliphatic heterocycles. The second kappa shape index (κ2) is 7.96. The van der Waals surface area contributed by atoms with E-state index in [0.717, 1.165) is 24.7 Å². The van der Waals surface area contributed by atoms with Gasteiger partial charge < -0.3 is 9.88 Å². The van der Waals surface area contributed by atoms with E-state index >= 15 is 0 Å². The van der Waals surface area contributed by atoms with Crippen molar-refractivity contribution in [2.45, 2.75) is 38.6 Å². The lowest BCUT2D eigenvalue weighted by Crippen LogP contribution is -2.41. The number of H-pyrrole nitrogens is 1. The normalized spacial score (nSPS) is 20.1. The Balaban J connectivity index is 1.54. The fourth-order valence-electron chi connectivity index (χ4n) is 4.16. The molecule has 0 aliphatic carbocycles. The molecule has 3 heterocycles. The molecule has 30 heavy (non-hydrogen) atoms. The number of rotatable bonds is 3. The van der Waals surface area contributed by atoms with E-state index < -0.39 is 10.0 Å². The third-order valence-corrected chi connectivity index (χ3v) is 7.16. The van der Waals surface area contributed by atoms with Crippen molar-refractivity contribution in [2.24, 2.45) is 0 Å². The van der Waals surface area contributed by atoms with Crippen molar-refractivity contribution < 1.29 is 13.2 Å². The zero-order chi connectivity index (χ0) is 21.5. The van der Waals surface area contributed by atoms with Crippen LogP contribution in [0.2, 0.25) is 0 Å². The quantitative estimate of drug-likeness (QED) is 0.793. The molecule has 1 aromatic heterocycles. The molecule has 2 aliphatic rings. The molecule has 1 fully saturated rings. The summed E-state index contributed by atoms with van der Waals surface area (Å²) in [6.45, 7) is 3.55. The van der Waals surface area contributed by atoms with E-state index in [9.17, 15) is 18.0 Å². The summed E-state index contributed by atoms with van der Waals surface area (Å²) in [6, 6.07) is 7.54. The van der Waals surface area contributed by atoms with Crippen LogP contribution < -0.4 is 5.56 Å². The molecule has 4 rings (SSSR count). The fourth-order valence-corrected chi connectivity index (χ4v) is 4.95. The summed E-state index contributed by atoms with van der Waals surface area (Å²) < 4.78 is 24.9. The van der Waals surface area contributed by atoms with E-state index in [1.807, 2.05) is 36.1 Å². The number of likely N-dealkylation sites (tertiary alicyclic amines) is 1. The van der Waals surface area contributed by atoms with Crippen LogP contribution in [0.1, 0.15) is 51.8 Å². The van der Waals surface area contributed by atoms with Gasteiger partial charge in [0, 0.05) is 44.1 Å². The monoisotopic (exact) mass is 430 g/mol. The highest BCUT2D eigenvalue weighted by atomic mass is 32.2. The Morgan fingerprint density at radius 2 is 1.93 bits per heavy atom. The number of aromatic amines is 1. The number of fused-ring (bicyclic) bond motifs is 1. The molecule has 0 saturated carbocycles. The summed E-state index contributed by atoms with van der Waals surface area (Å²) in [6.07, 6.45) is 3.24. The van der Waals surface area contributed by atoms with Gasteiger partial charge in [0.2, 0.25) is 10.0 Å². The van der Waals surface area contributed by atoms with Crippen LogP contribution >= 0.6 is 0 Å². The lowest BCUT2D eigenvalue weighted by molar-refractivity contribution is 0.0704. The molecule has 2 aromatic rings. The highest BCUT2D eigenvalue weighted by molar-refractivity contribution is 7.88. The fraction of sp³-hybridized carbons (Fsp3) is 0.476. The lowest BCUT2D eigenvalue weighted by atomic mass is 9.95. The summed E-state index contributed by atoms with van der Waals surface area (Å²) in [5.41, 5.74) is 2.56. The van der Waals surface area contributed by atoms with Crippen molar-refractivity contribution in [3.8, 4) is 0 Å². The van der Waals surface area contributed by atoms with Crippen LogP contribution in [0.15, 0.2) is 29.1 Å². The molecule has 8 nitrogen and oxygen atoms in total. The summed E-state index contributed by atoms with van der Waals surface area (Å²) in [5.74, 6) is 0.538. The predicted molar refractivity (Wildman–Crippen MR) is 113 cm³/mol. The molecule has 160 valence electrons. The Labute approximate surface area is 176 Å². The van der Waals surface area contributed by atoms with E-state index in [1.165, 1.54) is 4.31 Å². The van der Waals surface area contributed by atoms with Gasteiger partial charge >= 0.3 is 0 Å². The number of nitrogens with one attached hydrogen (secondary N) is 1. The minimum Gasteiger partial charge on any atom is -0.338 e. The molecular formula is C21H26N4O4S. The first-order valence-electron chi connectivity index (χ1n) is 10.2. The largest absolute Gasteiger partial charge is 0.338 e. The van der Waals surface area contributed by atoms with Gasteiger partial charge in [-0.3, -0.25) is 9.59 Å². The molecule has 0 bridgehead atoms. The number of hydrogen-bond acceptors (Lipinski definition) is 5. The highest BCUT2D eigenvalue weighted by Gasteiger charge is 2.30. The summed E-state index contributed by atoms with van der Waals surface area (Å²) in [4.78, 5) is 34.9. The first kappa shape index (κ1) is 20.7. The number of benzene rings is 1. The van der Waals surface area contributed by atoms with Crippen molar-refractivity contribution in [1.29, 1.82) is 0 Å². The maximum Gasteiger partial charge on any atom is 0.255 e. The number of amides is 1. The van der Waals surface area contributed by atoms with Crippen LogP contribution in [0.25, 0.3) is 0 Å². The number of piperidine rings is 1. The van der Waals surface area contributed by atoms with Crippen molar-refractivity contribution in [3.05, 3.63) is 62.8 Å². The Bertz CT molecular complexity index is 1120. The number of hydrogen-bond donors (Lipinski definition) is 1. The van der Waals surface area contributed by atoms with Gasteiger partial charge in [0.1, 0.15) is 5.82 Å². The standard InChI is InChI=1S/C21H26N4O4S/c1-14-5-7-15(8-6-14)21(27)24-10-3-4-16(12-24)19-22-18-9-11-25(30(2,28)29)13-17(18)20(26)23-19/h5-8,16H,3-4,9-13H2,1-2H3,(H,22,23,26)/t16-/m1/s1. The van der Waals surface area contributed by atoms with Crippen molar-refractivity contribution in [2.75, 3.05) is 25.9 Å². The van der Waals surface area contributed by atoms with Crippen LogP contribution in [0.4, 0.5) is 0 Å². The second-order valence-electron chi connectivity index (χ2n) is 8.18. The van der Waals surface area contributed by atoms with E-state index in [2.05, 4.69) is 9.97 Å². The minimum atomic E-state index is -3.35. The smallest absolute Gasteiger partial charge is 0.255 e. The predicted octanol–water partition coefficient (Wildman–Crippen LogP) is 1.42. The Hall–Kier alpha value is -2.52. The van der Waals surface area contributed by atoms with E-state index in [-0.39, 0.29) is 23.9 Å². The van der Waals surface area contributed by atoms with Gasteiger partial charge in [-0.25, -0.2) is 13.4 Å². The molecular weight excluding hydrogens is 404 g/mol. The van der Waals surface area contributed by atoms with E-state index in [0.29, 0.717) is 48.7 Å². The molecule has 1 aromatic carbocycles. The molecule has 0 unspecified atom stereocenters. The number of carbonyl (C=O) groups is 1. The van der Waals surface area contributed by atoms with Crippen molar-refractivity contribution in [1.82, 2.24) is 19.2 Å². The van der Waals surface area contributed by atoms with Crippen molar-refractivity contribution >= 4 is 15.9 Å². The maximum atomic E-state index is 12.9. The maximum absolute atomic E-state index is 12.9. The van der Waals surface area contributed by atoms with Gasteiger partial charge in [0.15, 0.2) is 0 Å². The zero-order valence-electron chi connectivity index (χ0n) is 17.2. The van der Waals surface area contributed by atoms with Crippen LogP contribution in [0.5, 0.6) is 0 Å². The lowest BCUT2D eigenvalue weighted by Gasteiger charge is -2.33. The van der Waals surface area contributed by atoms with Gasteiger partial charge in [-0.05, 0) is 31.9 Å². The Kier molecular flexibility index (Phi) is 5.50. The average Bonchev–Trinajstić information content (AvgIpc) is 2.73. The number of aryl methyl sites for hydroxylation is 1. The van der Waals surface area contributed by atoms with Gasteiger partial charge in [-0.15, -0.1) is 0 Å². The molecule has 9 heteroatoms. The number of carbonyl (C=O) groups excluding carboxylic acids is 1. The number of nitrogens with zero attached hydrogens (tertiary/aromatic N) is 3. The van der Waals surface area contributed by atoms with Crippen LogP contribution in [0, 0.1) is 6.92 Å². The van der Waals surface area contributed by atoms with Crippen LogP contribution in [0.3, 0.4) is 0 Å². The number of sulfonamides is 1. The third kappa shape index (κ3) is 4.17. The molecule has 0 spiro atoms. The SMILES string of the molecule is Cc1ccc(C(=O)N2CCC[C@@H](c3nc4c(c(=O)[nH]3)CN(S(C)(=O)=O)CC4)C2)cc1. The highest BCUT2D eigenvalue weighted by Crippen LogP contribution is 2.26. The Morgan fingerprint density at radius 1 is 1.20 bits per heavy atom. The zero-order valence-corrected chi connectivity index (χ0v) is 18.0. The average molecular weight is 431 g/mol. The third-order valence-electron chi connectivity index (χ3n) is 5.91. The van der Waals surface area contributed by atoms with E-state index in [4.69, 9.17) is 0 Å². The molecule has 0 radical (unpaired) electrons. The van der Waals surface area contributed by atoms with Gasteiger partial charge in [0.05, 0.1) is 17.5 Å². The molecule has 1 saturated heterocycles. The summed E-state index contributed by atoms with van der Waals surface area (Å²) in [7, 11) is -3.35. The molecule has 1 amide bonds. The van der Waals surface area contributed by atoms with Crippen molar-refractivity contribution in [3.63, 3.8) is 0 Å². The first-order valence-corrected chi connectivity index (χ1v) is 12.0. The van der Waals surface area contributed by atoms with E-state index in [1.54, 1.807) is 0 Å². The minimum absolute atomic E-state index is 0.0104. The first-order chi connectivity index (χ1) is 14.2. The molecule has 1 N–H and O–H groups in total. The van der Waals surface area contributed by atoms with Gasteiger partial charge in [-0.2, -0.15) is 4.31 Å². The topological polar surface area (TPSA) is 103 Å². The van der Waals surface area contributed by atoms with Crippen LogP contribution in [-0.4, -0.2) is 59.4 Å². The Morgan fingerprint density at radius 3 is 2.63 bits per heavy atom. The summed E-state index contributed by atoms with van der Waals surface area (Å²) >= 11 is 0. The van der Waals surface area contributed by atoms with Crippen LogP contribution in [-0.2, 0) is 23.0 Å². The van der Waals surface area contributed by atoms with Gasteiger partial charge in [-0.1, -0.05) is 17.7 Å². The second-order valence-corrected chi connectivity index (χ2v) is 10.2. The van der Waals surface area contributed by atoms with Gasteiger partial charge in [0.25, 0.3) is 11.5 Å². The number of aromatic nitrogens is 2. The summed E-state index contributed by atoms with van der Waals surface area (Å²) in [5, 5.41) is 0. The molecule has 1 atom stereocenters.